The van der Waals surface area contributed by atoms with Gasteiger partial charge in [-0.05, 0) is 29.8 Å². The summed E-state index contributed by atoms with van der Waals surface area (Å²) in [5.74, 6) is -0.902. The Labute approximate surface area is 124 Å². The molecule has 0 radical (unpaired) electrons. The number of aromatic nitrogens is 2. The first-order valence-corrected chi connectivity index (χ1v) is 6.26. The molecule has 0 fully saturated rings. The predicted octanol–water partition coefficient (Wildman–Crippen LogP) is 4.79. The summed E-state index contributed by atoms with van der Waals surface area (Å²) in [5, 5.41) is 1.84. The Morgan fingerprint density at radius 1 is 1.15 bits per heavy atom. The second-order valence-electron chi connectivity index (χ2n) is 3.65. The number of nitrogens with zero attached hydrogens (tertiary/aromatic N) is 2. The highest BCUT2D eigenvalue weighted by molar-refractivity contribution is 9.10. The molecule has 0 amide bonds. The fourth-order valence-corrected chi connectivity index (χ4v) is 1.87. The van der Waals surface area contributed by atoms with Crippen LogP contribution in [-0.4, -0.2) is 9.97 Å². The van der Waals surface area contributed by atoms with Crippen LogP contribution in [0.3, 0.4) is 0 Å². The Kier molecular flexibility index (Phi) is 4.14. The second-order valence-corrected chi connectivity index (χ2v) is 4.91. The SMILES string of the molecule is Fc1cc(Br)ccc1Nc1cc(C(F)(F)F)nc(Cl)n1. The van der Waals surface area contributed by atoms with E-state index in [1.165, 1.54) is 12.1 Å². The van der Waals surface area contributed by atoms with E-state index >= 15 is 0 Å². The van der Waals surface area contributed by atoms with E-state index in [4.69, 9.17) is 11.6 Å². The molecule has 2 aromatic rings. The fourth-order valence-electron chi connectivity index (χ4n) is 1.36. The summed E-state index contributed by atoms with van der Waals surface area (Å²) in [5.41, 5.74) is -1.24. The number of nitrogens with one attached hydrogen (secondary N) is 1. The maximum absolute atomic E-state index is 13.6. The van der Waals surface area contributed by atoms with Crippen molar-refractivity contribution in [1.29, 1.82) is 0 Å². The summed E-state index contributed by atoms with van der Waals surface area (Å²) in [7, 11) is 0. The normalized spacial score (nSPS) is 11.5. The highest BCUT2D eigenvalue weighted by atomic mass is 79.9. The van der Waals surface area contributed by atoms with Gasteiger partial charge in [-0.25, -0.2) is 14.4 Å². The minimum atomic E-state index is -4.67. The molecule has 0 aliphatic heterocycles. The van der Waals surface area contributed by atoms with E-state index in [0.717, 1.165) is 6.07 Å². The largest absolute Gasteiger partial charge is 0.433 e. The maximum atomic E-state index is 13.6. The van der Waals surface area contributed by atoms with Crippen molar-refractivity contribution in [3.8, 4) is 0 Å². The zero-order chi connectivity index (χ0) is 14.9. The Morgan fingerprint density at radius 3 is 2.45 bits per heavy atom. The van der Waals surface area contributed by atoms with Crippen molar-refractivity contribution in [1.82, 2.24) is 9.97 Å². The minimum Gasteiger partial charge on any atom is -0.338 e. The summed E-state index contributed by atoms with van der Waals surface area (Å²) in [6, 6.07) is 4.69. The zero-order valence-corrected chi connectivity index (χ0v) is 11.8. The van der Waals surface area contributed by atoms with E-state index in [2.05, 4.69) is 31.2 Å². The Morgan fingerprint density at radius 2 is 1.85 bits per heavy atom. The number of alkyl halides is 3. The molecule has 0 saturated carbocycles. The lowest BCUT2D eigenvalue weighted by Crippen LogP contribution is -2.10. The molecule has 0 unspecified atom stereocenters. The van der Waals surface area contributed by atoms with Crippen LogP contribution in [-0.2, 0) is 6.18 Å². The van der Waals surface area contributed by atoms with Gasteiger partial charge in [0.15, 0.2) is 5.69 Å². The van der Waals surface area contributed by atoms with Gasteiger partial charge in [0.1, 0.15) is 11.6 Å². The molecule has 1 heterocycles. The predicted molar refractivity (Wildman–Crippen MR) is 69.4 cm³/mol. The molecule has 106 valence electrons. The lowest BCUT2D eigenvalue weighted by molar-refractivity contribution is -0.141. The first kappa shape index (κ1) is 15.0. The quantitative estimate of drug-likeness (QED) is 0.610. The molecule has 0 bridgehead atoms. The lowest BCUT2D eigenvalue weighted by atomic mass is 10.3. The lowest BCUT2D eigenvalue weighted by Gasteiger charge is -2.10. The molecule has 0 aliphatic carbocycles. The molecule has 0 atom stereocenters. The molecule has 1 N–H and O–H groups in total. The molecule has 9 heteroatoms. The van der Waals surface area contributed by atoms with Gasteiger partial charge < -0.3 is 5.32 Å². The smallest absolute Gasteiger partial charge is 0.338 e. The van der Waals surface area contributed by atoms with Gasteiger partial charge in [0, 0.05) is 10.5 Å². The Balaban J connectivity index is 2.36. The number of benzene rings is 1. The number of hydrogen-bond donors (Lipinski definition) is 1. The highest BCUT2D eigenvalue weighted by Crippen LogP contribution is 2.31. The summed E-state index contributed by atoms with van der Waals surface area (Å²) in [4.78, 5) is 6.64. The van der Waals surface area contributed by atoms with Gasteiger partial charge in [0.2, 0.25) is 5.28 Å². The van der Waals surface area contributed by atoms with E-state index < -0.39 is 23.0 Å². The summed E-state index contributed by atoms with van der Waals surface area (Å²) < 4.78 is 51.8. The molecule has 2 rings (SSSR count). The van der Waals surface area contributed by atoms with Crippen molar-refractivity contribution < 1.29 is 17.6 Å². The summed E-state index contributed by atoms with van der Waals surface area (Å²) >= 11 is 8.49. The van der Waals surface area contributed by atoms with Gasteiger partial charge in [-0.3, -0.25) is 0 Å². The molecule has 1 aromatic heterocycles. The van der Waals surface area contributed by atoms with Crippen LogP contribution in [0.1, 0.15) is 5.69 Å². The van der Waals surface area contributed by atoms with Crippen LogP contribution < -0.4 is 5.32 Å². The van der Waals surface area contributed by atoms with Crippen LogP contribution in [0.25, 0.3) is 0 Å². The van der Waals surface area contributed by atoms with Crippen molar-refractivity contribution in [2.45, 2.75) is 6.18 Å². The average Bonchev–Trinajstić information content (AvgIpc) is 2.31. The standard InChI is InChI=1S/C11H5BrClF4N3/c12-5-1-2-7(6(14)3-5)18-9-4-8(11(15,16)17)19-10(13)20-9/h1-4H,(H,18,19,20). The summed E-state index contributed by atoms with van der Waals surface area (Å²) in [6.07, 6.45) is -4.67. The number of halogens is 6. The van der Waals surface area contributed by atoms with Crippen LogP contribution in [0.4, 0.5) is 29.1 Å². The molecular weight excluding hydrogens is 365 g/mol. The van der Waals surface area contributed by atoms with Crippen LogP contribution in [0.15, 0.2) is 28.7 Å². The first-order valence-electron chi connectivity index (χ1n) is 5.09. The number of rotatable bonds is 2. The monoisotopic (exact) mass is 369 g/mol. The molecule has 20 heavy (non-hydrogen) atoms. The van der Waals surface area contributed by atoms with Crippen LogP contribution in [0, 0.1) is 5.82 Å². The first-order chi connectivity index (χ1) is 9.25. The van der Waals surface area contributed by atoms with Gasteiger partial charge >= 0.3 is 6.18 Å². The molecule has 1 aromatic carbocycles. The van der Waals surface area contributed by atoms with Crippen molar-refractivity contribution >= 4 is 39.0 Å². The Bertz CT molecular complexity index is 648. The van der Waals surface area contributed by atoms with Gasteiger partial charge in [0.05, 0.1) is 5.69 Å². The minimum absolute atomic E-state index is 0.0314. The van der Waals surface area contributed by atoms with Gasteiger partial charge in [0.25, 0.3) is 0 Å². The van der Waals surface area contributed by atoms with Crippen molar-refractivity contribution in [3.05, 3.63) is 45.5 Å². The Hall–Kier alpha value is -1.41. The van der Waals surface area contributed by atoms with E-state index in [1.807, 2.05) is 0 Å². The molecular formula is C11H5BrClF4N3. The van der Waals surface area contributed by atoms with Gasteiger partial charge in [-0.15, -0.1) is 0 Å². The van der Waals surface area contributed by atoms with E-state index in [0.29, 0.717) is 10.5 Å². The second kappa shape index (κ2) is 5.53. The summed E-state index contributed by atoms with van der Waals surface area (Å²) in [6.45, 7) is 0. The van der Waals surface area contributed by atoms with Gasteiger partial charge in [-0.2, -0.15) is 13.2 Å². The van der Waals surface area contributed by atoms with E-state index in [9.17, 15) is 17.6 Å². The van der Waals surface area contributed by atoms with Crippen molar-refractivity contribution in [2.75, 3.05) is 5.32 Å². The molecule has 0 spiro atoms. The highest BCUT2D eigenvalue weighted by Gasteiger charge is 2.33. The van der Waals surface area contributed by atoms with Crippen molar-refractivity contribution in [3.63, 3.8) is 0 Å². The van der Waals surface area contributed by atoms with Crippen LogP contribution in [0.2, 0.25) is 5.28 Å². The van der Waals surface area contributed by atoms with Crippen LogP contribution in [0.5, 0.6) is 0 Å². The number of anilines is 2. The topological polar surface area (TPSA) is 37.8 Å². The fraction of sp³-hybridized carbons (Fsp3) is 0.0909. The molecule has 0 aliphatic rings. The third-order valence-corrected chi connectivity index (χ3v) is 2.85. The van der Waals surface area contributed by atoms with Crippen molar-refractivity contribution in [2.24, 2.45) is 0 Å². The molecule has 0 saturated heterocycles. The van der Waals surface area contributed by atoms with Crippen LogP contribution >= 0.6 is 27.5 Å². The van der Waals surface area contributed by atoms with Gasteiger partial charge in [-0.1, -0.05) is 15.9 Å². The third kappa shape index (κ3) is 3.57. The maximum Gasteiger partial charge on any atom is 0.433 e. The van der Waals surface area contributed by atoms with E-state index in [-0.39, 0.29) is 11.5 Å². The zero-order valence-electron chi connectivity index (χ0n) is 9.47. The number of hydrogen-bond acceptors (Lipinski definition) is 3. The molecule has 3 nitrogen and oxygen atoms in total. The van der Waals surface area contributed by atoms with E-state index in [1.54, 1.807) is 0 Å². The average molecular weight is 371 g/mol. The third-order valence-electron chi connectivity index (χ3n) is 2.18.